The lowest BCUT2D eigenvalue weighted by atomic mass is 9.99. The lowest BCUT2D eigenvalue weighted by Gasteiger charge is -2.40. The highest BCUT2D eigenvalue weighted by atomic mass is 32.1. The van der Waals surface area contributed by atoms with E-state index in [4.69, 9.17) is 4.74 Å². The van der Waals surface area contributed by atoms with Crippen LogP contribution in [0.2, 0.25) is 0 Å². The minimum absolute atomic E-state index is 0.0704. The molecule has 0 spiro atoms. The molecule has 132 valence electrons. The van der Waals surface area contributed by atoms with Crippen molar-refractivity contribution >= 4 is 17.2 Å². The highest BCUT2D eigenvalue weighted by molar-refractivity contribution is 7.10. The molecule has 2 aromatic heterocycles. The van der Waals surface area contributed by atoms with Crippen molar-refractivity contribution in [2.45, 2.75) is 31.8 Å². The van der Waals surface area contributed by atoms with Crippen molar-refractivity contribution in [1.29, 1.82) is 0 Å². The van der Waals surface area contributed by atoms with Crippen LogP contribution in [0.1, 0.15) is 23.3 Å². The maximum atomic E-state index is 12.4. The monoisotopic (exact) mass is 357 g/mol. The fourth-order valence-corrected chi connectivity index (χ4v) is 4.62. The van der Waals surface area contributed by atoms with E-state index in [1.54, 1.807) is 17.3 Å². The van der Waals surface area contributed by atoms with Gasteiger partial charge in [0.15, 0.2) is 6.61 Å². The van der Waals surface area contributed by atoms with Crippen LogP contribution in [0.3, 0.4) is 0 Å². The summed E-state index contributed by atoms with van der Waals surface area (Å²) in [6.07, 6.45) is 6.61. The van der Waals surface area contributed by atoms with Crippen molar-refractivity contribution in [2.75, 3.05) is 26.2 Å². The number of carbonyl (C=O) groups is 1. The number of likely N-dealkylation sites (tertiary alicyclic amines) is 1. The lowest BCUT2D eigenvalue weighted by Crippen LogP contribution is -2.48. The smallest absolute Gasteiger partial charge is 0.260 e. The SMILES string of the molecule is O=C(COc1cccnc1)N1CCC(N2CCc3sccc3C2)CC1. The summed E-state index contributed by atoms with van der Waals surface area (Å²) in [5.74, 6) is 0.715. The molecule has 25 heavy (non-hydrogen) atoms. The van der Waals surface area contributed by atoms with Crippen molar-refractivity contribution in [1.82, 2.24) is 14.8 Å². The summed E-state index contributed by atoms with van der Waals surface area (Å²) in [4.78, 5) is 22.4. The van der Waals surface area contributed by atoms with Gasteiger partial charge in [0.25, 0.3) is 5.91 Å². The Morgan fingerprint density at radius 2 is 2.16 bits per heavy atom. The van der Waals surface area contributed by atoms with Gasteiger partial charge in [-0.25, -0.2) is 0 Å². The Bertz CT molecular complexity index is 710. The lowest BCUT2D eigenvalue weighted by molar-refractivity contribution is -0.135. The topological polar surface area (TPSA) is 45.7 Å². The average molecular weight is 357 g/mol. The van der Waals surface area contributed by atoms with Gasteiger partial charge in [-0.1, -0.05) is 0 Å². The van der Waals surface area contributed by atoms with E-state index >= 15 is 0 Å². The second-order valence-electron chi connectivity index (χ2n) is 6.68. The number of amides is 1. The quantitative estimate of drug-likeness (QED) is 0.844. The molecule has 0 saturated carbocycles. The van der Waals surface area contributed by atoms with E-state index in [1.165, 1.54) is 12.0 Å². The minimum atomic E-state index is 0.0704. The number of aromatic nitrogens is 1. The number of pyridine rings is 1. The Morgan fingerprint density at radius 3 is 2.96 bits per heavy atom. The zero-order chi connectivity index (χ0) is 17.1. The minimum Gasteiger partial charge on any atom is -0.482 e. The second kappa shape index (κ2) is 7.54. The number of hydrogen-bond donors (Lipinski definition) is 0. The first-order chi connectivity index (χ1) is 12.3. The second-order valence-corrected chi connectivity index (χ2v) is 7.68. The number of hydrogen-bond acceptors (Lipinski definition) is 5. The van der Waals surface area contributed by atoms with E-state index in [0.29, 0.717) is 11.8 Å². The summed E-state index contributed by atoms with van der Waals surface area (Å²) in [6.45, 7) is 3.97. The van der Waals surface area contributed by atoms with Crippen molar-refractivity contribution in [3.05, 3.63) is 46.4 Å². The summed E-state index contributed by atoms with van der Waals surface area (Å²) < 4.78 is 5.53. The van der Waals surface area contributed by atoms with Crippen LogP contribution in [0.25, 0.3) is 0 Å². The first kappa shape index (κ1) is 16.5. The summed E-state index contributed by atoms with van der Waals surface area (Å²) in [6, 6.07) is 6.49. The van der Waals surface area contributed by atoms with Gasteiger partial charge in [-0.15, -0.1) is 11.3 Å². The van der Waals surface area contributed by atoms with Gasteiger partial charge in [-0.3, -0.25) is 14.7 Å². The fraction of sp³-hybridized carbons (Fsp3) is 0.474. The molecule has 0 aliphatic carbocycles. The molecule has 4 heterocycles. The molecule has 0 atom stereocenters. The molecular weight excluding hydrogens is 334 g/mol. The van der Waals surface area contributed by atoms with E-state index in [2.05, 4.69) is 21.3 Å². The molecule has 0 radical (unpaired) electrons. The van der Waals surface area contributed by atoms with Gasteiger partial charge in [0.2, 0.25) is 0 Å². The standard InChI is InChI=1S/C19H23N3O2S/c23-19(14-24-17-2-1-7-20-12-17)21-8-3-16(4-9-21)22-10-5-18-15(13-22)6-11-25-18/h1-2,6-7,11-12,16H,3-5,8-10,13-14H2. The van der Waals surface area contributed by atoms with Crippen LogP contribution in [-0.4, -0.2) is 53.0 Å². The summed E-state index contributed by atoms with van der Waals surface area (Å²) >= 11 is 1.88. The van der Waals surface area contributed by atoms with E-state index in [0.717, 1.165) is 39.0 Å². The summed E-state index contributed by atoms with van der Waals surface area (Å²) in [5, 5.41) is 2.21. The van der Waals surface area contributed by atoms with Crippen LogP contribution >= 0.6 is 11.3 Å². The van der Waals surface area contributed by atoms with Crippen LogP contribution < -0.4 is 4.74 Å². The number of ether oxygens (including phenoxy) is 1. The van der Waals surface area contributed by atoms with Crippen LogP contribution in [0, 0.1) is 0 Å². The van der Waals surface area contributed by atoms with Crippen LogP contribution in [0.4, 0.5) is 0 Å². The fourth-order valence-electron chi connectivity index (χ4n) is 3.73. The van der Waals surface area contributed by atoms with E-state index in [1.807, 2.05) is 28.4 Å². The molecule has 2 aliphatic heterocycles. The zero-order valence-electron chi connectivity index (χ0n) is 14.3. The Kier molecular flexibility index (Phi) is 4.99. The molecule has 0 unspecified atom stereocenters. The van der Waals surface area contributed by atoms with Crippen LogP contribution in [0.15, 0.2) is 36.0 Å². The molecule has 1 saturated heterocycles. The van der Waals surface area contributed by atoms with Crippen LogP contribution in [0.5, 0.6) is 5.75 Å². The van der Waals surface area contributed by atoms with Gasteiger partial charge in [0.1, 0.15) is 5.75 Å². The molecule has 6 heteroatoms. The Balaban J connectivity index is 1.25. The normalized spacial score (nSPS) is 18.8. The van der Waals surface area contributed by atoms with Gasteiger partial charge < -0.3 is 9.64 Å². The first-order valence-electron chi connectivity index (χ1n) is 8.89. The molecule has 4 rings (SSSR count). The van der Waals surface area contributed by atoms with E-state index in [-0.39, 0.29) is 12.5 Å². The molecular formula is C19H23N3O2S. The third kappa shape index (κ3) is 3.85. The van der Waals surface area contributed by atoms with Gasteiger partial charge in [-0.2, -0.15) is 0 Å². The van der Waals surface area contributed by atoms with E-state index < -0.39 is 0 Å². The maximum absolute atomic E-state index is 12.4. The number of rotatable bonds is 4. The maximum Gasteiger partial charge on any atom is 0.260 e. The molecule has 2 aromatic rings. The summed E-state index contributed by atoms with van der Waals surface area (Å²) in [5.41, 5.74) is 1.50. The Hall–Kier alpha value is -1.92. The number of piperidine rings is 1. The predicted octanol–water partition coefficient (Wildman–Crippen LogP) is 2.57. The molecule has 0 N–H and O–H groups in total. The van der Waals surface area contributed by atoms with Crippen molar-refractivity contribution in [3.63, 3.8) is 0 Å². The third-order valence-electron chi connectivity index (χ3n) is 5.17. The Morgan fingerprint density at radius 1 is 1.28 bits per heavy atom. The summed E-state index contributed by atoms with van der Waals surface area (Å²) in [7, 11) is 0. The predicted molar refractivity (Wildman–Crippen MR) is 97.8 cm³/mol. The molecule has 2 aliphatic rings. The highest BCUT2D eigenvalue weighted by Gasteiger charge is 2.29. The van der Waals surface area contributed by atoms with Gasteiger partial charge >= 0.3 is 0 Å². The number of nitrogens with zero attached hydrogens (tertiary/aromatic N) is 3. The van der Waals surface area contributed by atoms with Crippen molar-refractivity contribution in [3.8, 4) is 5.75 Å². The largest absolute Gasteiger partial charge is 0.482 e. The first-order valence-corrected chi connectivity index (χ1v) is 9.77. The third-order valence-corrected chi connectivity index (χ3v) is 6.19. The number of fused-ring (bicyclic) bond motifs is 1. The molecule has 1 fully saturated rings. The van der Waals surface area contributed by atoms with Crippen molar-refractivity contribution in [2.24, 2.45) is 0 Å². The molecule has 5 nitrogen and oxygen atoms in total. The molecule has 0 bridgehead atoms. The Labute approximate surface area is 152 Å². The van der Waals surface area contributed by atoms with Crippen molar-refractivity contribution < 1.29 is 9.53 Å². The van der Waals surface area contributed by atoms with Crippen LogP contribution in [-0.2, 0) is 17.8 Å². The van der Waals surface area contributed by atoms with Gasteiger partial charge in [-0.05, 0) is 48.4 Å². The number of thiophene rings is 1. The molecule has 0 aromatic carbocycles. The average Bonchev–Trinajstić information content (AvgIpc) is 3.15. The van der Waals surface area contributed by atoms with Gasteiger partial charge in [0, 0.05) is 43.3 Å². The van der Waals surface area contributed by atoms with E-state index in [9.17, 15) is 4.79 Å². The van der Waals surface area contributed by atoms with Gasteiger partial charge in [0.05, 0.1) is 6.20 Å². The molecule has 1 amide bonds. The highest BCUT2D eigenvalue weighted by Crippen LogP contribution is 2.28. The number of carbonyl (C=O) groups excluding carboxylic acids is 1. The zero-order valence-corrected chi connectivity index (χ0v) is 15.1.